The molecule has 106 valence electrons. The van der Waals surface area contributed by atoms with Gasteiger partial charge in [-0.3, -0.25) is 0 Å². The normalized spacial score (nSPS) is 28.2. The molecule has 1 aliphatic rings. The van der Waals surface area contributed by atoms with Crippen LogP contribution in [0.3, 0.4) is 0 Å². The van der Waals surface area contributed by atoms with Crippen LogP contribution in [0.4, 0.5) is 0 Å². The molecular weight excluding hydrogens is 220 g/mol. The average molecular weight is 252 g/mol. The maximum Gasteiger partial charge on any atom is 0.0591 e. The minimum atomic E-state index is -0.478. The van der Waals surface area contributed by atoms with E-state index in [-0.39, 0.29) is 0 Å². The molecule has 1 aliphatic carbocycles. The first-order valence-corrected chi connectivity index (χ1v) is 7.86. The van der Waals surface area contributed by atoms with Crippen molar-refractivity contribution < 1.29 is 5.11 Å². The van der Waals surface area contributed by atoms with Gasteiger partial charge in [0.2, 0.25) is 0 Å². The lowest BCUT2D eigenvalue weighted by Gasteiger charge is -2.24. The highest BCUT2D eigenvalue weighted by Gasteiger charge is 2.18. The molecule has 0 amide bonds. The lowest BCUT2D eigenvalue weighted by molar-refractivity contribution is 0.0673. The molecule has 0 saturated carbocycles. The topological polar surface area (TPSA) is 20.2 Å². The molecule has 1 N–H and O–H groups in total. The van der Waals surface area contributed by atoms with E-state index in [9.17, 15) is 5.11 Å². The molecular formula is C17H32O. The van der Waals surface area contributed by atoms with Gasteiger partial charge in [0.25, 0.3) is 0 Å². The minimum Gasteiger partial charge on any atom is -0.390 e. The number of aliphatic hydroxyl groups is 1. The van der Waals surface area contributed by atoms with Crippen molar-refractivity contribution in [3.8, 4) is 0 Å². The van der Waals surface area contributed by atoms with Crippen LogP contribution in [-0.2, 0) is 0 Å². The SMILES string of the molecule is CC1CC/C=C\CCCC1CCCCC(C)(C)O. The van der Waals surface area contributed by atoms with Gasteiger partial charge in [-0.05, 0) is 64.2 Å². The van der Waals surface area contributed by atoms with Crippen molar-refractivity contribution in [1.82, 2.24) is 0 Å². The van der Waals surface area contributed by atoms with Gasteiger partial charge in [-0.1, -0.05) is 38.3 Å². The van der Waals surface area contributed by atoms with Gasteiger partial charge in [0.1, 0.15) is 0 Å². The van der Waals surface area contributed by atoms with Crippen molar-refractivity contribution in [2.24, 2.45) is 11.8 Å². The summed E-state index contributed by atoms with van der Waals surface area (Å²) in [6.07, 6.45) is 16.1. The van der Waals surface area contributed by atoms with Crippen LogP contribution in [0.5, 0.6) is 0 Å². The summed E-state index contributed by atoms with van der Waals surface area (Å²) in [6, 6.07) is 0. The van der Waals surface area contributed by atoms with Gasteiger partial charge >= 0.3 is 0 Å². The Bertz CT molecular complexity index is 236. The predicted molar refractivity (Wildman–Crippen MR) is 79.6 cm³/mol. The average Bonchev–Trinajstić information content (AvgIpc) is 2.37. The Morgan fingerprint density at radius 1 is 1.11 bits per heavy atom. The molecule has 1 rings (SSSR count). The Labute approximate surface area is 114 Å². The van der Waals surface area contributed by atoms with Gasteiger partial charge < -0.3 is 5.11 Å². The molecule has 0 aliphatic heterocycles. The Hall–Kier alpha value is -0.300. The fourth-order valence-electron chi connectivity index (χ4n) is 3.01. The zero-order valence-corrected chi connectivity index (χ0v) is 12.6. The van der Waals surface area contributed by atoms with Crippen LogP contribution in [0.2, 0.25) is 0 Å². The Balaban J connectivity index is 2.25. The Kier molecular flexibility index (Phi) is 6.99. The lowest BCUT2D eigenvalue weighted by atomic mass is 9.82. The summed E-state index contributed by atoms with van der Waals surface area (Å²) in [4.78, 5) is 0. The molecule has 2 atom stereocenters. The van der Waals surface area contributed by atoms with E-state index in [0.29, 0.717) is 0 Å². The molecule has 0 aromatic rings. The third kappa shape index (κ3) is 7.20. The summed E-state index contributed by atoms with van der Waals surface area (Å²) in [7, 11) is 0. The van der Waals surface area contributed by atoms with Crippen molar-refractivity contribution in [2.45, 2.75) is 84.2 Å². The van der Waals surface area contributed by atoms with Crippen LogP contribution in [0, 0.1) is 11.8 Å². The van der Waals surface area contributed by atoms with E-state index in [0.717, 1.165) is 18.3 Å². The molecule has 0 bridgehead atoms. The largest absolute Gasteiger partial charge is 0.390 e. The fourth-order valence-corrected chi connectivity index (χ4v) is 3.01. The minimum absolute atomic E-state index is 0.478. The molecule has 0 heterocycles. The van der Waals surface area contributed by atoms with Gasteiger partial charge in [0.05, 0.1) is 5.60 Å². The molecule has 1 heteroatoms. The lowest BCUT2D eigenvalue weighted by Crippen LogP contribution is -2.18. The van der Waals surface area contributed by atoms with Crippen LogP contribution in [0.1, 0.15) is 78.6 Å². The summed E-state index contributed by atoms with van der Waals surface area (Å²) in [6.45, 7) is 6.27. The quantitative estimate of drug-likeness (QED) is 0.534. The van der Waals surface area contributed by atoms with Crippen LogP contribution < -0.4 is 0 Å². The zero-order valence-electron chi connectivity index (χ0n) is 12.6. The van der Waals surface area contributed by atoms with Gasteiger partial charge in [0.15, 0.2) is 0 Å². The third-order valence-electron chi connectivity index (χ3n) is 4.32. The summed E-state index contributed by atoms with van der Waals surface area (Å²) >= 11 is 0. The Morgan fingerprint density at radius 2 is 1.83 bits per heavy atom. The summed E-state index contributed by atoms with van der Waals surface area (Å²) in [5.41, 5.74) is -0.478. The maximum absolute atomic E-state index is 9.72. The monoisotopic (exact) mass is 252 g/mol. The van der Waals surface area contributed by atoms with Crippen LogP contribution in [0.15, 0.2) is 12.2 Å². The summed E-state index contributed by atoms with van der Waals surface area (Å²) < 4.78 is 0. The van der Waals surface area contributed by atoms with E-state index < -0.39 is 5.60 Å². The van der Waals surface area contributed by atoms with Crippen molar-refractivity contribution >= 4 is 0 Å². The van der Waals surface area contributed by atoms with Crippen molar-refractivity contribution in [2.75, 3.05) is 0 Å². The fraction of sp³-hybridized carbons (Fsp3) is 0.882. The van der Waals surface area contributed by atoms with Crippen molar-refractivity contribution in [1.29, 1.82) is 0 Å². The van der Waals surface area contributed by atoms with E-state index in [1.54, 1.807) is 0 Å². The van der Waals surface area contributed by atoms with Crippen LogP contribution >= 0.6 is 0 Å². The number of hydrogen-bond acceptors (Lipinski definition) is 1. The number of rotatable bonds is 5. The maximum atomic E-state index is 9.72. The van der Waals surface area contributed by atoms with Crippen LogP contribution in [-0.4, -0.2) is 10.7 Å². The van der Waals surface area contributed by atoms with Crippen molar-refractivity contribution in [3.05, 3.63) is 12.2 Å². The number of hydrogen-bond donors (Lipinski definition) is 1. The first kappa shape index (κ1) is 15.8. The van der Waals surface area contributed by atoms with Gasteiger partial charge in [0, 0.05) is 0 Å². The number of allylic oxidation sites excluding steroid dienone is 2. The highest BCUT2D eigenvalue weighted by molar-refractivity contribution is 4.85. The molecule has 0 fully saturated rings. The summed E-state index contributed by atoms with van der Waals surface area (Å²) in [5, 5.41) is 9.72. The zero-order chi connectivity index (χ0) is 13.4. The van der Waals surface area contributed by atoms with Crippen LogP contribution in [0.25, 0.3) is 0 Å². The second-order valence-electron chi connectivity index (χ2n) is 6.78. The second-order valence-corrected chi connectivity index (χ2v) is 6.78. The molecule has 0 aromatic heterocycles. The molecule has 0 aromatic carbocycles. The third-order valence-corrected chi connectivity index (χ3v) is 4.32. The van der Waals surface area contributed by atoms with E-state index in [1.165, 1.54) is 51.4 Å². The first-order chi connectivity index (χ1) is 8.49. The van der Waals surface area contributed by atoms with E-state index in [2.05, 4.69) is 19.1 Å². The molecule has 1 nitrogen and oxygen atoms in total. The van der Waals surface area contributed by atoms with Gasteiger partial charge in [-0.15, -0.1) is 0 Å². The predicted octanol–water partition coefficient (Wildman–Crippen LogP) is 5.09. The van der Waals surface area contributed by atoms with Crippen molar-refractivity contribution in [3.63, 3.8) is 0 Å². The molecule has 2 unspecified atom stereocenters. The molecule has 0 spiro atoms. The highest BCUT2D eigenvalue weighted by atomic mass is 16.3. The first-order valence-electron chi connectivity index (χ1n) is 7.86. The highest BCUT2D eigenvalue weighted by Crippen LogP contribution is 2.29. The molecule has 0 saturated heterocycles. The smallest absolute Gasteiger partial charge is 0.0591 e. The standard InChI is InChI=1S/C17H32O/c1-15-11-7-5-4-6-8-12-16(15)13-9-10-14-17(2,3)18/h4-5,15-16,18H,6-14H2,1-3H3/b5-4-. The Morgan fingerprint density at radius 3 is 2.56 bits per heavy atom. The van der Waals surface area contributed by atoms with Gasteiger partial charge in [-0.2, -0.15) is 0 Å². The van der Waals surface area contributed by atoms with E-state index >= 15 is 0 Å². The molecule has 18 heavy (non-hydrogen) atoms. The second kappa shape index (κ2) is 7.99. The van der Waals surface area contributed by atoms with Gasteiger partial charge in [-0.25, -0.2) is 0 Å². The summed E-state index contributed by atoms with van der Waals surface area (Å²) in [5.74, 6) is 1.78. The van der Waals surface area contributed by atoms with E-state index in [4.69, 9.17) is 0 Å². The van der Waals surface area contributed by atoms with E-state index in [1.807, 2.05) is 13.8 Å². The molecule has 0 radical (unpaired) electrons. The number of unbranched alkanes of at least 4 members (excludes halogenated alkanes) is 1.